The quantitative estimate of drug-likeness (QED) is 0.730. The van der Waals surface area contributed by atoms with Crippen molar-refractivity contribution in [2.24, 2.45) is 0 Å². The summed E-state index contributed by atoms with van der Waals surface area (Å²) in [4.78, 5) is 12.2. The van der Waals surface area contributed by atoms with Gasteiger partial charge in [-0.05, 0) is 31.0 Å². The molecule has 3 nitrogen and oxygen atoms in total. The normalized spacial score (nSPS) is 11.9. The number of carbonyl (C=O) groups excluding carboxylic acids is 1. The molecule has 0 aliphatic heterocycles. The van der Waals surface area contributed by atoms with Crippen molar-refractivity contribution in [3.63, 3.8) is 0 Å². The van der Waals surface area contributed by atoms with Crippen molar-refractivity contribution in [3.05, 3.63) is 65.7 Å². The van der Waals surface area contributed by atoms with Crippen molar-refractivity contribution in [3.8, 4) is 5.75 Å². The van der Waals surface area contributed by atoms with Crippen LogP contribution < -0.4 is 4.74 Å². The number of methoxy groups -OCH3 is 1. The molecule has 0 saturated heterocycles. The third kappa shape index (κ3) is 4.43. The van der Waals surface area contributed by atoms with Crippen molar-refractivity contribution >= 4 is 5.78 Å². The third-order valence-electron chi connectivity index (χ3n) is 3.26. The summed E-state index contributed by atoms with van der Waals surface area (Å²) in [6.07, 6.45) is 0.368. The molecule has 0 aliphatic carbocycles. The summed E-state index contributed by atoms with van der Waals surface area (Å²) < 4.78 is 10.8. The van der Waals surface area contributed by atoms with Crippen molar-refractivity contribution in [2.45, 2.75) is 19.4 Å². The highest BCUT2D eigenvalue weighted by molar-refractivity contribution is 5.99. The minimum absolute atomic E-state index is 0.0148. The lowest BCUT2D eigenvalue weighted by molar-refractivity contribution is 0.0818. The van der Waals surface area contributed by atoms with Gasteiger partial charge in [0, 0.05) is 12.7 Å². The number of hydrogen-bond acceptors (Lipinski definition) is 3. The number of rotatable bonds is 7. The maximum atomic E-state index is 12.2. The molecule has 110 valence electrons. The SMILES string of the molecule is COCCc1ccc(OC(C)C(=O)c2ccccc2)cc1. The monoisotopic (exact) mass is 284 g/mol. The molecule has 2 aromatic rings. The van der Waals surface area contributed by atoms with Crippen LogP contribution in [0.5, 0.6) is 5.75 Å². The molecule has 0 bridgehead atoms. The summed E-state index contributed by atoms with van der Waals surface area (Å²) in [5.41, 5.74) is 1.85. The second kappa shape index (κ2) is 7.60. The molecule has 0 N–H and O–H groups in total. The Morgan fingerprint density at radius 1 is 1.05 bits per heavy atom. The summed E-state index contributed by atoms with van der Waals surface area (Å²) in [5.74, 6) is 0.687. The lowest BCUT2D eigenvalue weighted by Crippen LogP contribution is -2.23. The number of ether oxygens (including phenoxy) is 2. The highest BCUT2D eigenvalue weighted by Crippen LogP contribution is 2.16. The number of hydrogen-bond donors (Lipinski definition) is 0. The number of ketones is 1. The van der Waals surface area contributed by atoms with Crippen LogP contribution in [0.3, 0.4) is 0 Å². The van der Waals surface area contributed by atoms with Crippen molar-refractivity contribution in [1.82, 2.24) is 0 Å². The van der Waals surface area contributed by atoms with Crippen LogP contribution in [0.2, 0.25) is 0 Å². The van der Waals surface area contributed by atoms with Gasteiger partial charge in [0.25, 0.3) is 0 Å². The van der Waals surface area contributed by atoms with Crippen LogP contribution in [-0.4, -0.2) is 25.6 Å². The van der Waals surface area contributed by atoms with Gasteiger partial charge in [0.2, 0.25) is 5.78 Å². The minimum atomic E-state index is -0.503. The number of carbonyl (C=O) groups is 1. The molecule has 1 atom stereocenters. The first-order valence-electron chi connectivity index (χ1n) is 7.04. The van der Waals surface area contributed by atoms with E-state index >= 15 is 0 Å². The van der Waals surface area contributed by atoms with Gasteiger partial charge in [-0.1, -0.05) is 42.5 Å². The Balaban J connectivity index is 1.96. The van der Waals surface area contributed by atoms with E-state index < -0.39 is 6.10 Å². The number of Topliss-reactive ketones (excluding diaryl/α,β-unsaturated/α-hetero) is 1. The van der Waals surface area contributed by atoms with Crippen molar-refractivity contribution in [2.75, 3.05) is 13.7 Å². The fourth-order valence-corrected chi connectivity index (χ4v) is 2.05. The fraction of sp³-hybridized carbons (Fsp3) is 0.278. The molecule has 0 radical (unpaired) electrons. The van der Waals surface area contributed by atoms with E-state index in [1.165, 1.54) is 5.56 Å². The average molecular weight is 284 g/mol. The Kier molecular flexibility index (Phi) is 5.52. The van der Waals surface area contributed by atoms with Crippen LogP contribution in [0.15, 0.2) is 54.6 Å². The third-order valence-corrected chi connectivity index (χ3v) is 3.26. The molecular formula is C18H20O3. The minimum Gasteiger partial charge on any atom is -0.483 e. The van der Waals surface area contributed by atoms with E-state index in [1.54, 1.807) is 26.2 Å². The standard InChI is InChI=1S/C18H20O3/c1-14(18(19)16-6-4-3-5-7-16)21-17-10-8-15(9-11-17)12-13-20-2/h3-11,14H,12-13H2,1-2H3. The van der Waals surface area contributed by atoms with Crippen LogP contribution in [-0.2, 0) is 11.2 Å². The molecule has 0 aliphatic rings. The van der Waals surface area contributed by atoms with E-state index in [1.807, 2.05) is 42.5 Å². The van der Waals surface area contributed by atoms with E-state index in [0.29, 0.717) is 17.9 Å². The molecule has 1 unspecified atom stereocenters. The van der Waals surface area contributed by atoms with Crippen molar-refractivity contribution in [1.29, 1.82) is 0 Å². The van der Waals surface area contributed by atoms with Gasteiger partial charge in [-0.2, -0.15) is 0 Å². The summed E-state index contributed by atoms with van der Waals surface area (Å²) in [5, 5.41) is 0. The molecule has 0 spiro atoms. The van der Waals surface area contributed by atoms with E-state index in [2.05, 4.69) is 0 Å². The molecule has 0 heterocycles. The summed E-state index contributed by atoms with van der Waals surface area (Å²) in [7, 11) is 1.69. The Bertz CT molecular complexity index is 561. The van der Waals surface area contributed by atoms with Crippen LogP contribution >= 0.6 is 0 Å². The van der Waals surface area contributed by atoms with Gasteiger partial charge in [-0.15, -0.1) is 0 Å². The Labute approximate surface area is 125 Å². The average Bonchev–Trinajstić information content (AvgIpc) is 2.54. The maximum absolute atomic E-state index is 12.2. The largest absolute Gasteiger partial charge is 0.483 e. The van der Waals surface area contributed by atoms with Crippen LogP contribution in [0.4, 0.5) is 0 Å². The van der Waals surface area contributed by atoms with E-state index in [4.69, 9.17) is 9.47 Å². The molecule has 0 fully saturated rings. The van der Waals surface area contributed by atoms with Gasteiger partial charge >= 0.3 is 0 Å². The molecule has 2 aromatic carbocycles. The van der Waals surface area contributed by atoms with Gasteiger partial charge in [0.05, 0.1) is 6.61 Å². The first-order chi connectivity index (χ1) is 10.2. The van der Waals surface area contributed by atoms with Crippen LogP contribution in [0.25, 0.3) is 0 Å². The second-order valence-electron chi connectivity index (χ2n) is 4.88. The van der Waals surface area contributed by atoms with E-state index in [9.17, 15) is 4.79 Å². The number of benzene rings is 2. The van der Waals surface area contributed by atoms with Crippen LogP contribution in [0.1, 0.15) is 22.8 Å². The van der Waals surface area contributed by atoms with Crippen molar-refractivity contribution < 1.29 is 14.3 Å². The molecular weight excluding hydrogens is 264 g/mol. The highest BCUT2D eigenvalue weighted by Gasteiger charge is 2.16. The Morgan fingerprint density at radius 2 is 1.71 bits per heavy atom. The Hall–Kier alpha value is -2.13. The Morgan fingerprint density at radius 3 is 2.33 bits per heavy atom. The topological polar surface area (TPSA) is 35.5 Å². The van der Waals surface area contributed by atoms with Gasteiger partial charge in [0.1, 0.15) is 5.75 Å². The summed E-state index contributed by atoms with van der Waals surface area (Å²) in [6, 6.07) is 17.0. The second-order valence-corrected chi connectivity index (χ2v) is 4.88. The zero-order valence-corrected chi connectivity index (χ0v) is 12.4. The van der Waals surface area contributed by atoms with Crippen LogP contribution in [0, 0.1) is 0 Å². The molecule has 2 rings (SSSR count). The van der Waals surface area contributed by atoms with Gasteiger partial charge in [-0.25, -0.2) is 0 Å². The lowest BCUT2D eigenvalue weighted by atomic mass is 10.1. The van der Waals surface area contributed by atoms with E-state index in [0.717, 1.165) is 6.42 Å². The smallest absolute Gasteiger partial charge is 0.202 e. The predicted molar refractivity (Wildman–Crippen MR) is 82.9 cm³/mol. The van der Waals surface area contributed by atoms with Gasteiger partial charge in [0.15, 0.2) is 6.10 Å². The first kappa shape index (κ1) is 15.3. The fourth-order valence-electron chi connectivity index (χ4n) is 2.05. The molecule has 0 aromatic heterocycles. The van der Waals surface area contributed by atoms with E-state index in [-0.39, 0.29) is 5.78 Å². The molecule has 0 saturated carbocycles. The first-order valence-corrected chi connectivity index (χ1v) is 7.04. The predicted octanol–water partition coefficient (Wildman–Crippen LogP) is 3.53. The summed E-state index contributed by atoms with van der Waals surface area (Å²) >= 11 is 0. The molecule has 3 heteroatoms. The zero-order chi connectivity index (χ0) is 15.1. The lowest BCUT2D eigenvalue weighted by Gasteiger charge is -2.14. The van der Waals surface area contributed by atoms with Gasteiger partial charge < -0.3 is 9.47 Å². The maximum Gasteiger partial charge on any atom is 0.202 e. The van der Waals surface area contributed by atoms with Gasteiger partial charge in [-0.3, -0.25) is 4.79 Å². The molecule has 0 amide bonds. The zero-order valence-electron chi connectivity index (χ0n) is 12.4. The highest BCUT2D eigenvalue weighted by atomic mass is 16.5. The summed E-state index contributed by atoms with van der Waals surface area (Å²) in [6.45, 7) is 2.47. The molecule has 21 heavy (non-hydrogen) atoms.